The molecule has 3 rings (SSSR count). The zero-order chi connectivity index (χ0) is 18.7. The third-order valence-electron chi connectivity index (χ3n) is 4.63. The van der Waals surface area contributed by atoms with Crippen molar-refractivity contribution in [2.45, 2.75) is 44.6 Å². The monoisotopic (exact) mass is 376 g/mol. The van der Waals surface area contributed by atoms with E-state index in [2.05, 4.69) is 15.3 Å². The predicted molar refractivity (Wildman–Crippen MR) is 101 cm³/mol. The zero-order valence-corrected chi connectivity index (χ0v) is 15.9. The SMILES string of the molecule is Cc1cc(C)c(CNc2ccc(S(=O)(=O)N3CCCCC3)cn2)c(=O)[nH]1. The van der Waals surface area contributed by atoms with E-state index in [1.807, 2.05) is 19.9 Å². The van der Waals surface area contributed by atoms with Gasteiger partial charge in [-0.2, -0.15) is 4.31 Å². The van der Waals surface area contributed by atoms with Crippen molar-refractivity contribution in [3.05, 3.63) is 51.6 Å². The topological polar surface area (TPSA) is 95.2 Å². The fraction of sp³-hybridized carbons (Fsp3) is 0.444. The normalized spacial score (nSPS) is 15.8. The highest BCUT2D eigenvalue weighted by molar-refractivity contribution is 7.89. The Morgan fingerprint density at radius 3 is 2.54 bits per heavy atom. The molecule has 0 amide bonds. The second kappa shape index (κ2) is 7.59. The van der Waals surface area contributed by atoms with Gasteiger partial charge in [-0.05, 0) is 50.5 Å². The van der Waals surface area contributed by atoms with Crippen LogP contribution in [0.15, 0.2) is 34.1 Å². The van der Waals surface area contributed by atoms with Crippen LogP contribution in [0.3, 0.4) is 0 Å². The number of rotatable bonds is 5. The molecule has 1 fully saturated rings. The van der Waals surface area contributed by atoms with Crippen LogP contribution in [-0.4, -0.2) is 35.8 Å². The molecule has 0 radical (unpaired) electrons. The molecule has 0 bridgehead atoms. The molecule has 0 spiro atoms. The lowest BCUT2D eigenvalue weighted by Gasteiger charge is -2.25. The van der Waals surface area contributed by atoms with Gasteiger partial charge in [-0.25, -0.2) is 13.4 Å². The predicted octanol–water partition coefficient (Wildman–Crippen LogP) is 2.17. The third kappa shape index (κ3) is 3.96. The molecule has 3 heterocycles. The number of piperidine rings is 1. The average Bonchev–Trinajstić information content (AvgIpc) is 2.62. The lowest BCUT2D eigenvalue weighted by Crippen LogP contribution is -2.35. The highest BCUT2D eigenvalue weighted by atomic mass is 32.2. The van der Waals surface area contributed by atoms with Crippen molar-refractivity contribution in [3.63, 3.8) is 0 Å². The summed E-state index contributed by atoms with van der Waals surface area (Å²) in [4.78, 5) is 19.2. The van der Waals surface area contributed by atoms with E-state index in [9.17, 15) is 13.2 Å². The molecule has 2 aromatic heterocycles. The number of nitrogens with zero attached hydrogens (tertiary/aromatic N) is 2. The van der Waals surface area contributed by atoms with Gasteiger partial charge in [0.1, 0.15) is 10.7 Å². The minimum absolute atomic E-state index is 0.126. The van der Waals surface area contributed by atoms with Gasteiger partial charge < -0.3 is 10.3 Å². The fourth-order valence-corrected chi connectivity index (χ4v) is 4.63. The average molecular weight is 376 g/mol. The first kappa shape index (κ1) is 18.6. The number of sulfonamides is 1. The molecule has 2 aromatic rings. The van der Waals surface area contributed by atoms with Crippen LogP contribution in [0, 0.1) is 13.8 Å². The summed E-state index contributed by atoms with van der Waals surface area (Å²) in [5.74, 6) is 0.530. The molecular formula is C18H24N4O3S. The fourth-order valence-electron chi connectivity index (χ4n) is 3.17. The van der Waals surface area contributed by atoms with Crippen molar-refractivity contribution >= 4 is 15.8 Å². The molecule has 0 saturated carbocycles. The van der Waals surface area contributed by atoms with Gasteiger partial charge in [-0.1, -0.05) is 6.42 Å². The lowest BCUT2D eigenvalue weighted by atomic mass is 10.1. The lowest BCUT2D eigenvalue weighted by molar-refractivity contribution is 0.346. The molecule has 0 atom stereocenters. The van der Waals surface area contributed by atoms with E-state index in [4.69, 9.17) is 0 Å². The first-order chi connectivity index (χ1) is 12.4. The smallest absolute Gasteiger partial charge is 0.253 e. The summed E-state index contributed by atoms with van der Waals surface area (Å²) in [6.07, 6.45) is 4.25. The highest BCUT2D eigenvalue weighted by Crippen LogP contribution is 2.20. The van der Waals surface area contributed by atoms with Crippen molar-refractivity contribution in [1.29, 1.82) is 0 Å². The van der Waals surface area contributed by atoms with E-state index < -0.39 is 10.0 Å². The summed E-state index contributed by atoms with van der Waals surface area (Å²) in [6.45, 7) is 5.19. The summed E-state index contributed by atoms with van der Waals surface area (Å²) < 4.78 is 26.8. The molecule has 0 aliphatic carbocycles. The summed E-state index contributed by atoms with van der Waals surface area (Å²) in [5.41, 5.74) is 2.24. The van der Waals surface area contributed by atoms with Gasteiger partial charge in [-0.3, -0.25) is 4.79 Å². The number of aryl methyl sites for hydroxylation is 2. The summed E-state index contributed by atoms with van der Waals surface area (Å²) in [5, 5.41) is 3.08. The van der Waals surface area contributed by atoms with Crippen LogP contribution in [0.25, 0.3) is 0 Å². The van der Waals surface area contributed by atoms with Gasteiger partial charge in [0.25, 0.3) is 5.56 Å². The van der Waals surface area contributed by atoms with E-state index in [0.717, 1.165) is 30.5 Å². The number of H-pyrrole nitrogens is 1. The number of pyridine rings is 2. The Labute approximate surface area is 153 Å². The maximum Gasteiger partial charge on any atom is 0.253 e. The van der Waals surface area contributed by atoms with Gasteiger partial charge >= 0.3 is 0 Å². The largest absolute Gasteiger partial charge is 0.366 e. The van der Waals surface area contributed by atoms with Gasteiger partial charge in [0.2, 0.25) is 10.0 Å². The van der Waals surface area contributed by atoms with E-state index in [-0.39, 0.29) is 10.5 Å². The van der Waals surface area contributed by atoms with Gasteiger partial charge in [0.05, 0.1) is 0 Å². The summed E-state index contributed by atoms with van der Waals surface area (Å²) in [6, 6.07) is 5.11. The standard InChI is InChI=1S/C18H24N4O3S/c1-13-10-14(2)21-18(23)16(13)12-20-17-7-6-15(11-19-17)26(24,25)22-8-4-3-5-9-22/h6-7,10-11H,3-5,8-9,12H2,1-2H3,(H,19,20)(H,21,23). The Kier molecular flexibility index (Phi) is 5.43. The number of nitrogens with one attached hydrogen (secondary N) is 2. The molecule has 2 N–H and O–H groups in total. The van der Waals surface area contributed by atoms with Gasteiger partial charge in [0.15, 0.2) is 0 Å². The first-order valence-corrected chi connectivity index (χ1v) is 10.2. The van der Waals surface area contributed by atoms with Crippen molar-refractivity contribution in [3.8, 4) is 0 Å². The molecule has 0 unspecified atom stereocenters. The maximum atomic E-state index is 12.6. The van der Waals surface area contributed by atoms with Crippen LogP contribution < -0.4 is 10.9 Å². The summed E-state index contributed by atoms with van der Waals surface area (Å²) >= 11 is 0. The Morgan fingerprint density at radius 2 is 1.92 bits per heavy atom. The van der Waals surface area contributed by atoms with Gasteiger partial charge in [-0.15, -0.1) is 0 Å². The molecule has 8 heteroatoms. The second-order valence-corrected chi connectivity index (χ2v) is 8.58. The highest BCUT2D eigenvalue weighted by Gasteiger charge is 2.26. The van der Waals surface area contributed by atoms with Crippen LogP contribution in [0.4, 0.5) is 5.82 Å². The van der Waals surface area contributed by atoms with Crippen molar-refractivity contribution in [1.82, 2.24) is 14.3 Å². The second-order valence-electron chi connectivity index (χ2n) is 6.64. The minimum Gasteiger partial charge on any atom is -0.366 e. The minimum atomic E-state index is -3.48. The van der Waals surface area contributed by atoms with Gasteiger partial charge in [0, 0.05) is 37.1 Å². The van der Waals surface area contributed by atoms with Crippen molar-refractivity contribution < 1.29 is 8.42 Å². The van der Waals surface area contributed by atoms with Crippen LogP contribution in [-0.2, 0) is 16.6 Å². The number of hydrogen-bond acceptors (Lipinski definition) is 5. The van der Waals surface area contributed by atoms with E-state index in [1.54, 1.807) is 12.1 Å². The van der Waals surface area contributed by atoms with Crippen molar-refractivity contribution in [2.24, 2.45) is 0 Å². The number of anilines is 1. The van der Waals surface area contributed by atoms with Crippen molar-refractivity contribution in [2.75, 3.05) is 18.4 Å². The van der Waals surface area contributed by atoms with Crippen LogP contribution in [0.2, 0.25) is 0 Å². The molecule has 26 heavy (non-hydrogen) atoms. The number of aromatic amines is 1. The third-order valence-corrected chi connectivity index (χ3v) is 6.51. The first-order valence-electron chi connectivity index (χ1n) is 8.77. The number of hydrogen-bond donors (Lipinski definition) is 2. The quantitative estimate of drug-likeness (QED) is 0.834. The van der Waals surface area contributed by atoms with E-state index in [1.165, 1.54) is 10.5 Å². The zero-order valence-electron chi connectivity index (χ0n) is 15.1. The number of aromatic nitrogens is 2. The summed E-state index contributed by atoms with van der Waals surface area (Å²) in [7, 11) is -3.48. The Hall–Kier alpha value is -2.19. The molecule has 140 valence electrons. The Morgan fingerprint density at radius 1 is 1.19 bits per heavy atom. The Balaban J connectivity index is 1.71. The van der Waals surface area contributed by atoms with E-state index in [0.29, 0.717) is 31.0 Å². The molecule has 1 aliphatic rings. The van der Waals surface area contributed by atoms with Crippen LogP contribution >= 0.6 is 0 Å². The van der Waals surface area contributed by atoms with Crippen LogP contribution in [0.1, 0.15) is 36.1 Å². The molecule has 7 nitrogen and oxygen atoms in total. The Bertz CT molecular complexity index is 930. The molecule has 0 aromatic carbocycles. The molecule has 1 saturated heterocycles. The molecule has 1 aliphatic heterocycles. The van der Waals surface area contributed by atoms with Crippen LogP contribution in [0.5, 0.6) is 0 Å². The molecular weight excluding hydrogens is 352 g/mol. The van der Waals surface area contributed by atoms with E-state index >= 15 is 0 Å². The maximum absolute atomic E-state index is 12.6.